The Hall–Kier alpha value is -2.77. The number of rotatable bonds is 5. The van der Waals surface area contributed by atoms with Crippen molar-refractivity contribution < 1.29 is 22.8 Å². The maximum atomic E-state index is 14.2. The maximum absolute atomic E-state index is 14.2. The summed E-state index contributed by atoms with van der Waals surface area (Å²) in [5, 5.41) is 8.06. The van der Waals surface area contributed by atoms with E-state index in [0.29, 0.717) is 33.5 Å². The van der Waals surface area contributed by atoms with Crippen LogP contribution in [-0.2, 0) is 10.4 Å². The second-order valence-electron chi connectivity index (χ2n) is 7.29. The largest absolute Gasteiger partial charge is 0.435 e. The van der Waals surface area contributed by atoms with E-state index in [4.69, 9.17) is 28.0 Å². The van der Waals surface area contributed by atoms with Crippen LogP contribution in [0, 0.1) is 0 Å². The van der Waals surface area contributed by atoms with Crippen LogP contribution in [0.2, 0.25) is 5.02 Å². The number of amides is 1. The summed E-state index contributed by atoms with van der Waals surface area (Å²) in [5.41, 5.74) is -1.70. The third-order valence-electron chi connectivity index (χ3n) is 5.36. The molecule has 1 N–H and O–H groups in total. The number of halogens is 5. The van der Waals surface area contributed by atoms with E-state index in [1.54, 1.807) is 36.4 Å². The van der Waals surface area contributed by atoms with Gasteiger partial charge in [-0.25, -0.2) is 0 Å². The number of fused-ring (bicyclic) bond motifs is 1. The molecule has 1 heterocycles. The van der Waals surface area contributed by atoms with Crippen molar-refractivity contribution in [3.05, 3.63) is 82.4 Å². The van der Waals surface area contributed by atoms with E-state index in [9.17, 15) is 18.0 Å². The van der Waals surface area contributed by atoms with Gasteiger partial charge in [0.05, 0.1) is 5.71 Å². The molecule has 0 saturated heterocycles. The fraction of sp³-hybridized carbons (Fsp3) is 0.217. The van der Waals surface area contributed by atoms with Gasteiger partial charge < -0.3 is 10.2 Å². The zero-order valence-electron chi connectivity index (χ0n) is 16.5. The van der Waals surface area contributed by atoms with Gasteiger partial charge in [-0.05, 0) is 29.0 Å². The van der Waals surface area contributed by atoms with E-state index in [0.717, 1.165) is 0 Å². The molecule has 3 aromatic rings. The fourth-order valence-corrected chi connectivity index (χ4v) is 3.99. The van der Waals surface area contributed by atoms with Crippen LogP contribution in [0.4, 0.5) is 13.2 Å². The van der Waals surface area contributed by atoms with Crippen LogP contribution in [-0.4, -0.2) is 30.2 Å². The van der Waals surface area contributed by atoms with E-state index in [1.165, 1.54) is 24.3 Å². The van der Waals surface area contributed by atoms with E-state index in [1.807, 2.05) is 0 Å². The third-order valence-corrected chi connectivity index (χ3v) is 5.80. The molecule has 0 saturated carbocycles. The maximum Gasteiger partial charge on any atom is 0.435 e. The molecule has 3 aromatic carbocycles. The lowest BCUT2D eigenvalue weighted by atomic mass is 9.85. The van der Waals surface area contributed by atoms with Gasteiger partial charge in [-0.2, -0.15) is 13.2 Å². The number of alkyl halides is 4. The molecule has 0 aliphatic carbocycles. The first-order valence-electron chi connectivity index (χ1n) is 9.71. The molecule has 166 valence electrons. The van der Waals surface area contributed by atoms with Crippen molar-refractivity contribution in [1.82, 2.24) is 5.32 Å². The Morgan fingerprint density at radius 3 is 2.41 bits per heavy atom. The Morgan fingerprint density at radius 2 is 1.75 bits per heavy atom. The van der Waals surface area contributed by atoms with Gasteiger partial charge in [0.15, 0.2) is 0 Å². The van der Waals surface area contributed by atoms with Crippen LogP contribution in [0.15, 0.2) is 65.8 Å². The number of carbonyl (C=O) groups excluding carboxylic acids is 1. The first-order valence-corrected chi connectivity index (χ1v) is 10.6. The van der Waals surface area contributed by atoms with Crippen molar-refractivity contribution in [2.24, 2.45) is 5.16 Å². The van der Waals surface area contributed by atoms with Gasteiger partial charge in [-0.3, -0.25) is 4.79 Å². The summed E-state index contributed by atoms with van der Waals surface area (Å²) in [5.74, 6) is -0.0519. The van der Waals surface area contributed by atoms with E-state index < -0.39 is 18.2 Å². The number of hydrogen-bond acceptors (Lipinski definition) is 3. The van der Waals surface area contributed by atoms with E-state index in [2.05, 4.69) is 10.5 Å². The molecule has 4 rings (SSSR count). The Bertz CT molecular complexity index is 1200. The van der Waals surface area contributed by atoms with Gasteiger partial charge in [-0.15, -0.1) is 11.6 Å². The molecule has 0 bridgehead atoms. The molecule has 1 aliphatic rings. The summed E-state index contributed by atoms with van der Waals surface area (Å²) >= 11 is 11.5. The van der Waals surface area contributed by atoms with Crippen LogP contribution in [0.5, 0.6) is 0 Å². The van der Waals surface area contributed by atoms with Crippen LogP contribution < -0.4 is 5.32 Å². The van der Waals surface area contributed by atoms with Crippen molar-refractivity contribution in [1.29, 1.82) is 0 Å². The number of nitrogens with one attached hydrogen (secondary N) is 1. The lowest BCUT2D eigenvalue weighted by Crippen LogP contribution is -2.42. The molecule has 0 aromatic heterocycles. The second kappa shape index (κ2) is 8.64. The number of oxime groups is 1. The second-order valence-corrected chi connectivity index (χ2v) is 8.10. The van der Waals surface area contributed by atoms with Gasteiger partial charge in [0.25, 0.3) is 11.5 Å². The predicted molar refractivity (Wildman–Crippen MR) is 118 cm³/mol. The predicted octanol–water partition coefficient (Wildman–Crippen LogP) is 6.04. The average molecular weight is 481 g/mol. The minimum Gasteiger partial charge on any atom is -0.374 e. The number of nitrogens with zero attached hydrogens (tertiary/aromatic N) is 1. The van der Waals surface area contributed by atoms with Crippen LogP contribution >= 0.6 is 23.2 Å². The van der Waals surface area contributed by atoms with Crippen LogP contribution in [0.25, 0.3) is 10.8 Å². The molecule has 1 aliphatic heterocycles. The van der Waals surface area contributed by atoms with Gasteiger partial charge in [0.1, 0.15) is 0 Å². The highest BCUT2D eigenvalue weighted by atomic mass is 35.5. The topological polar surface area (TPSA) is 50.7 Å². The summed E-state index contributed by atoms with van der Waals surface area (Å²) < 4.78 is 42.6. The average Bonchev–Trinajstić information content (AvgIpc) is 3.24. The molecule has 0 fully saturated rings. The highest BCUT2D eigenvalue weighted by molar-refractivity contribution is 6.30. The van der Waals surface area contributed by atoms with Crippen LogP contribution in [0.3, 0.4) is 0 Å². The molecule has 0 spiro atoms. The molecule has 1 atom stereocenters. The lowest BCUT2D eigenvalue weighted by Gasteiger charge is -2.29. The summed E-state index contributed by atoms with van der Waals surface area (Å²) in [4.78, 5) is 17.6. The van der Waals surface area contributed by atoms with Crippen molar-refractivity contribution >= 4 is 45.6 Å². The summed E-state index contributed by atoms with van der Waals surface area (Å²) in [6.45, 7) is 0.298. The Morgan fingerprint density at radius 1 is 1.06 bits per heavy atom. The van der Waals surface area contributed by atoms with E-state index >= 15 is 0 Å². The monoisotopic (exact) mass is 480 g/mol. The van der Waals surface area contributed by atoms with Crippen LogP contribution in [0.1, 0.15) is 27.9 Å². The highest BCUT2D eigenvalue weighted by Gasteiger charge is 2.62. The molecule has 4 nitrogen and oxygen atoms in total. The smallest absolute Gasteiger partial charge is 0.374 e. The summed E-state index contributed by atoms with van der Waals surface area (Å²) in [6, 6.07) is 15.5. The molecule has 1 amide bonds. The Balaban J connectivity index is 1.76. The van der Waals surface area contributed by atoms with Gasteiger partial charge >= 0.3 is 6.18 Å². The number of carbonyl (C=O) groups is 1. The SMILES string of the molecule is O=C(NCCCl)c1ccc(C2=NOC(c3ccc(Cl)cc3)(C(F)(F)F)C2)c2ccccc12. The number of hydrogen-bond donors (Lipinski definition) is 1. The summed E-state index contributed by atoms with van der Waals surface area (Å²) in [7, 11) is 0. The van der Waals surface area contributed by atoms with E-state index in [-0.39, 0.29) is 23.1 Å². The molecular formula is C23H17Cl2F3N2O2. The molecule has 1 unspecified atom stereocenters. The molecule has 0 radical (unpaired) electrons. The minimum atomic E-state index is -4.72. The molecular weight excluding hydrogens is 464 g/mol. The number of benzene rings is 3. The Kier molecular flexibility index (Phi) is 6.05. The Labute approximate surface area is 191 Å². The van der Waals surface area contributed by atoms with Gasteiger partial charge in [0, 0.05) is 40.6 Å². The lowest BCUT2D eigenvalue weighted by molar-refractivity contribution is -0.275. The fourth-order valence-electron chi connectivity index (χ4n) is 3.77. The van der Waals surface area contributed by atoms with Crippen molar-refractivity contribution in [3.8, 4) is 0 Å². The van der Waals surface area contributed by atoms with Crippen molar-refractivity contribution in [2.45, 2.75) is 18.2 Å². The van der Waals surface area contributed by atoms with Crippen molar-refractivity contribution in [3.63, 3.8) is 0 Å². The minimum absolute atomic E-state index is 0.0884. The quantitative estimate of drug-likeness (QED) is 0.452. The zero-order valence-corrected chi connectivity index (χ0v) is 18.1. The normalized spacial score (nSPS) is 18.3. The first kappa shape index (κ1) is 22.4. The highest BCUT2D eigenvalue weighted by Crippen LogP contribution is 2.49. The van der Waals surface area contributed by atoms with Gasteiger partial charge in [-0.1, -0.05) is 59.2 Å². The molecule has 32 heavy (non-hydrogen) atoms. The van der Waals surface area contributed by atoms with Crippen molar-refractivity contribution in [2.75, 3.05) is 12.4 Å². The standard InChI is InChI=1S/C23H17Cl2F3N2O2/c24-11-12-29-21(31)19-10-9-18(16-3-1-2-4-17(16)19)20-13-22(32-30-20,23(26,27)28)14-5-7-15(25)8-6-14/h1-10H,11-13H2,(H,29,31). The first-order chi connectivity index (χ1) is 15.3. The summed E-state index contributed by atoms with van der Waals surface area (Å²) in [6.07, 6.45) is -5.23. The molecule has 9 heteroatoms. The van der Waals surface area contributed by atoms with Gasteiger partial charge in [0.2, 0.25) is 0 Å². The zero-order chi connectivity index (χ0) is 22.9. The third kappa shape index (κ3) is 3.91.